The van der Waals surface area contributed by atoms with Crippen LogP contribution in [-0.2, 0) is 4.79 Å². The summed E-state index contributed by atoms with van der Waals surface area (Å²) in [7, 11) is 1.62. The Kier molecular flexibility index (Phi) is 7.23. The molecular formula is C24H20Cl2N4O2S. The number of carbonyl (C=O) groups excluding carboxylic acids is 1. The van der Waals surface area contributed by atoms with E-state index in [1.165, 1.54) is 11.8 Å². The zero-order valence-corrected chi connectivity index (χ0v) is 20.2. The number of halogens is 2. The minimum Gasteiger partial charge on any atom is -0.497 e. The van der Waals surface area contributed by atoms with E-state index in [2.05, 4.69) is 15.5 Å². The fourth-order valence-corrected chi connectivity index (χ4v) is 4.38. The monoisotopic (exact) mass is 498 g/mol. The molecule has 9 heteroatoms. The van der Waals surface area contributed by atoms with Crippen LogP contribution in [0.2, 0.25) is 10.0 Å². The second-order valence-corrected chi connectivity index (χ2v) is 8.90. The van der Waals surface area contributed by atoms with Crippen LogP contribution < -0.4 is 10.1 Å². The van der Waals surface area contributed by atoms with E-state index >= 15 is 0 Å². The van der Waals surface area contributed by atoms with Gasteiger partial charge in [-0.05, 0) is 43.3 Å². The molecule has 1 aromatic heterocycles. The molecule has 168 valence electrons. The number of carbonyl (C=O) groups is 1. The van der Waals surface area contributed by atoms with Gasteiger partial charge >= 0.3 is 0 Å². The van der Waals surface area contributed by atoms with Crippen LogP contribution in [0.3, 0.4) is 0 Å². The Morgan fingerprint density at radius 1 is 1.00 bits per heavy atom. The van der Waals surface area contributed by atoms with Crippen LogP contribution in [0, 0.1) is 6.92 Å². The Morgan fingerprint density at radius 2 is 1.67 bits per heavy atom. The van der Waals surface area contributed by atoms with E-state index in [-0.39, 0.29) is 11.7 Å². The lowest BCUT2D eigenvalue weighted by Crippen LogP contribution is -2.15. The molecule has 33 heavy (non-hydrogen) atoms. The molecule has 1 amide bonds. The van der Waals surface area contributed by atoms with Crippen molar-refractivity contribution in [2.24, 2.45) is 0 Å². The molecular weight excluding hydrogens is 479 g/mol. The van der Waals surface area contributed by atoms with Crippen LogP contribution in [0.5, 0.6) is 5.75 Å². The SMILES string of the molecule is COc1ccc(-n2c(SCC(=O)Nc3c(Cl)cccc3Cl)nnc2-c2ccc(C)cc2)cc1. The first-order valence-corrected chi connectivity index (χ1v) is 11.7. The first-order chi connectivity index (χ1) is 16.0. The standard InChI is InChI=1S/C24H20Cl2N4O2S/c1-15-6-8-16(9-7-15)23-28-29-24(30(23)17-10-12-18(32-2)13-11-17)33-14-21(31)27-22-19(25)4-3-5-20(22)26/h3-13H,14H2,1-2H3,(H,27,31). The molecule has 0 bridgehead atoms. The van der Waals surface area contributed by atoms with Gasteiger partial charge < -0.3 is 10.1 Å². The first kappa shape index (κ1) is 23.2. The molecule has 4 aromatic rings. The van der Waals surface area contributed by atoms with Gasteiger partial charge in [-0.2, -0.15) is 0 Å². The third-order valence-corrected chi connectivity index (χ3v) is 6.39. The third-order valence-electron chi connectivity index (χ3n) is 4.83. The molecule has 0 aliphatic carbocycles. The van der Waals surface area contributed by atoms with Gasteiger partial charge in [0.1, 0.15) is 5.75 Å². The summed E-state index contributed by atoms with van der Waals surface area (Å²) in [6, 6.07) is 20.7. The highest BCUT2D eigenvalue weighted by atomic mass is 35.5. The van der Waals surface area contributed by atoms with Crippen molar-refractivity contribution >= 4 is 46.6 Å². The number of anilines is 1. The van der Waals surface area contributed by atoms with Gasteiger partial charge in [0.2, 0.25) is 5.91 Å². The van der Waals surface area contributed by atoms with Crippen LogP contribution in [0.25, 0.3) is 17.1 Å². The van der Waals surface area contributed by atoms with Crippen molar-refractivity contribution < 1.29 is 9.53 Å². The van der Waals surface area contributed by atoms with Crippen molar-refractivity contribution in [3.63, 3.8) is 0 Å². The molecule has 0 saturated heterocycles. The van der Waals surface area contributed by atoms with Gasteiger partial charge in [-0.3, -0.25) is 9.36 Å². The molecule has 0 unspecified atom stereocenters. The molecule has 0 saturated carbocycles. The molecule has 3 aromatic carbocycles. The molecule has 0 radical (unpaired) electrons. The highest BCUT2D eigenvalue weighted by molar-refractivity contribution is 7.99. The van der Waals surface area contributed by atoms with Gasteiger partial charge in [0.25, 0.3) is 0 Å². The largest absolute Gasteiger partial charge is 0.497 e. The summed E-state index contributed by atoms with van der Waals surface area (Å²) in [5.41, 5.74) is 3.32. The van der Waals surface area contributed by atoms with E-state index in [9.17, 15) is 4.79 Å². The number of para-hydroxylation sites is 1. The second-order valence-electron chi connectivity index (χ2n) is 7.14. The first-order valence-electron chi connectivity index (χ1n) is 10.00. The number of amides is 1. The van der Waals surface area contributed by atoms with Gasteiger partial charge in [-0.1, -0.05) is 70.9 Å². The van der Waals surface area contributed by atoms with Crippen molar-refractivity contribution in [2.75, 3.05) is 18.2 Å². The summed E-state index contributed by atoms with van der Waals surface area (Å²) in [4.78, 5) is 12.6. The average Bonchev–Trinajstić information content (AvgIpc) is 3.24. The number of nitrogens with one attached hydrogen (secondary N) is 1. The average molecular weight is 499 g/mol. The maximum Gasteiger partial charge on any atom is 0.234 e. The fraction of sp³-hybridized carbons (Fsp3) is 0.125. The van der Waals surface area contributed by atoms with Gasteiger partial charge in [0, 0.05) is 11.3 Å². The quantitative estimate of drug-likeness (QED) is 0.303. The molecule has 1 heterocycles. The van der Waals surface area contributed by atoms with Crippen LogP contribution >= 0.6 is 35.0 Å². The predicted molar refractivity (Wildman–Crippen MR) is 134 cm³/mol. The number of methoxy groups -OCH3 is 1. The molecule has 4 rings (SSSR count). The highest BCUT2D eigenvalue weighted by Gasteiger charge is 2.18. The van der Waals surface area contributed by atoms with Crippen molar-refractivity contribution in [1.29, 1.82) is 0 Å². The normalized spacial score (nSPS) is 10.8. The Bertz CT molecular complexity index is 1250. The van der Waals surface area contributed by atoms with E-state index in [0.29, 0.717) is 26.7 Å². The molecule has 0 spiro atoms. The van der Waals surface area contributed by atoms with Crippen LogP contribution in [0.1, 0.15) is 5.56 Å². The second kappa shape index (κ2) is 10.3. The lowest BCUT2D eigenvalue weighted by molar-refractivity contribution is -0.113. The third kappa shape index (κ3) is 5.33. The number of hydrogen-bond donors (Lipinski definition) is 1. The van der Waals surface area contributed by atoms with E-state index in [0.717, 1.165) is 22.6 Å². The summed E-state index contributed by atoms with van der Waals surface area (Å²) in [6.07, 6.45) is 0. The van der Waals surface area contributed by atoms with E-state index in [1.54, 1.807) is 25.3 Å². The number of aromatic nitrogens is 3. The Morgan fingerprint density at radius 3 is 2.30 bits per heavy atom. The molecule has 0 aliphatic rings. The van der Waals surface area contributed by atoms with Crippen LogP contribution in [-0.4, -0.2) is 33.5 Å². The Balaban J connectivity index is 1.62. The van der Waals surface area contributed by atoms with E-state index in [4.69, 9.17) is 27.9 Å². The summed E-state index contributed by atoms with van der Waals surface area (Å²) in [6.45, 7) is 2.03. The number of thioether (sulfide) groups is 1. The lowest BCUT2D eigenvalue weighted by atomic mass is 10.1. The minimum atomic E-state index is -0.254. The summed E-state index contributed by atoms with van der Waals surface area (Å²) in [5, 5.41) is 12.9. The van der Waals surface area contributed by atoms with E-state index in [1.807, 2.05) is 60.0 Å². The zero-order chi connectivity index (χ0) is 23.4. The Hall–Kier alpha value is -3.00. The summed E-state index contributed by atoms with van der Waals surface area (Å²) < 4.78 is 7.20. The number of ether oxygens (including phenoxy) is 1. The molecule has 6 nitrogen and oxygen atoms in total. The topological polar surface area (TPSA) is 69.0 Å². The smallest absolute Gasteiger partial charge is 0.234 e. The molecule has 0 atom stereocenters. The number of hydrogen-bond acceptors (Lipinski definition) is 5. The zero-order valence-electron chi connectivity index (χ0n) is 17.9. The maximum atomic E-state index is 12.6. The highest BCUT2D eigenvalue weighted by Crippen LogP contribution is 2.31. The van der Waals surface area contributed by atoms with Crippen LogP contribution in [0.15, 0.2) is 71.9 Å². The van der Waals surface area contributed by atoms with Crippen molar-refractivity contribution in [2.45, 2.75) is 12.1 Å². The summed E-state index contributed by atoms with van der Waals surface area (Å²) >= 11 is 13.6. The van der Waals surface area contributed by atoms with Gasteiger partial charge in [0.05, 0.1) is 28.6 Å². The molecule has 1 N–H and O–H groups in total. The summed E-state index contributed by atoms with van der Waals surface area (Å²) in [5.74, 6) is 1.27. The fourth-order valence-electron chi connectivity index (χ4n) is 3.14. The lowest BCUT2D eigenvalue weighted by Gasteiger charge is -2.12. The number of aryl methyl sites for hydroxylation is 1. The minimum absolute atomic E-state index is 0.101. The van der Waals surface area contributed by atoms with Crippen molar-refractivity contribution in [1.82, 2.24) is 14.8 Å². The molecule has 0 aliphatic heterocycles. The maximum absolute atomic E-state index is 12.6. The number of benzene rings is 3. The van der Waals surface area contributed by atoms with Gasteiger partial charge in [-0.15, -0.1) is 10.2 Å². The number of rotatable bonds is 7. The van der Waals surface area contributed by atoms with Crippen molar-refractivity contribution in [3.05, 3.63) is 82.3 Å². The Labute approximate surface area is 205 Å². The van der Waals surface area contributed by atoms with Crippen LogP contribution in [0.4, 0.5) is 5.69 Å². The number of nitrogens with zero attached hydrogens (tertiary/aromatic N) is 3. The van der Waals surface area contributed by atoms with Crippen molar-refractivity contribution in [3.8, 4) is 22.8 Å². The van der Waals surface area contributed by atoms with E-state index < -0.39 is 0 Å². The van der Waals surface area contributed by atoms with Gasteiger partial charge in [0.15, 0.2) is 11.0 Å². The van der Waals surface area contributed by atoms with Gasteiger partial charge in [-0.25, -0.2) is 0 Å². The predicted octanol–water partition coefficient (Wildman–Crippen LogP) is 6.29. The molecule has 0 fully saturated rings.